The molecule has 2 rings (SSSR count). The number of nitrogens with two attached hydrogens (primary N) is 1. The maximum absolute atomic E-state index is 5.41. The zero-order valence-electron chi connectivity index (χ0n) is 10.5. The van der Waals surface area contributed by atoms with Crippen molar-refractivity contribution in [3.05, 3.63) is 24.0 Å². The number of hydrogen-bond acceptors (Lipinski definition) is 4. The van der Waals surface area contributed by atoms with E-state index in [2.05, 4.69) is 22.2 Å². The third-order valence-corrected chi connectivity index (χ3v) is 3.21. The summed E-state index contributed by atoms with van der Waals surface area (Å²) in [6, 6.07) is 4.70. The number of nitrogens with one attached hydrogen (secondary N) is 1. The van der Waals surface area contributed by atoms with Crippen molar-refractivity contribution < 1.29 is 0 Å². The molecule has 17 heavy (non-hydrogen) atoms. The molecule has 1 aromatic rings. The first kappa shape index (κ1) is 12.3. The molecule has 0 radical (unpaired) electrons. The first-order valence-electron chi connectivity index (χ1n) is 6.49. The van der Waals surface area contributed by atoms with Crippen molar-refractivity contribution in [1.29, 1.82) is 0 Å². The molecule has 1 fully saturated rings. The van der Waals surface area contributed by atoms with Gasteiger partial charge in [-0.15, -0.1) is 0 Å². The van der Waals surface area contributed by atoms with Crippen LogP contribution in [0.25, 0.3) is 0 Å². The Bertz CT molecular complexity index is 349. The fourth-order valence-electron chi connectivity index (χ4n) is 2.05. The van der Waals surface area contributed by atoms with Crippen LogP contribution in [-0.4, -0.2) is 22.5 Å². The molecule has 0 aliphatic heterocycles. The molecule has 3 N–H and O–H groups in total. The summed E-state index contributed by atoms with van der Waals surface area (Å²) in [4.78, 5) is 6.96. The van der Waals surface area contributed by atoms with Gasteiger partial charge in [0.2, 0.25) is 0 Å². The number of hydrogen-bond donors (Lipinski definition) is 2. The van der Waals surface area contributed by atoms with Crippen molar-refractivity contribution >= 4 is 5.69 Å². The Hall–Kier alpha value is -1.13. The van der Waals surface area contributed by atoms with Gasteiger partial charge in [0.05, 0.1) is 11.4 Å². The molecule has 4 nitrogen and oxygen atoms in total. The van der Waals surface area contributed by atoms with Crippen LogP contribution >= 0.6 is 0 Å². The van der Waals surface area contributed by atoms with E-state index in [4.69, 9.17) is 5.84 Å². The first-order chi connectivity index (χ1) is 8.33. The molecule has 0 unspecified atom stereocenters. The van der Waals surface area contributed by atoms with Gasteiger partial charge in [0.1, 0.15) is 0 Å². The van der Waals surface area contributed by atoms with Crippen LogP contribution in [0.5, 0.6) is 0 Å². The summed E-state index contributed by atoms with van der Waals surface area (Å²) in [5.74, 6) is 5.41. The highest BCUT2D eigenvalue weighted by Crippen LogP contribution is 2.28. The summed E-state index contributed by atoms with van der Waals surface area (Å²) >= 11 is 0. The zero-order chi connectivity index (χ0) is 12.1. The van der Waals surface area contributed by atoms with Crippen molar-refractivity contribution in [2.24, 2.45) is 5.84 Å². The number of rotatable bonds is 7. The van der Waals surface area contributed by atoms with Crippen LogP contribution in [0.1, 0.15) is 38.3 Å². The molecule has 1 heterocycles. The third-order valence-electron chi connectivity index (χ3n) is 3.21. The van der Waals surface area contributed by atoms with Gasteiger partial charge in [0.25, 0.3) is 0 Å². The predicted molar refractivity (Wildman–Crippen MR) is 70.4 cm³/mol. The molecule has 0 spiro atoms. The highest BCUT2D eigenvalue weighted by molar-refractivity contribution is 5.41. The van der Waals surface area contributed by atoms with Gasteiger partial charge in [0, 0.05) is 18.8 Å². The monoisotopic (exact) mass is 234 g/mol. The van der Waals surface area contributed by atoms with Crippen LogP contribution in [0.15, 0.2) is 18.3 Å². The van der Waals surface area contributed by atoms with Crippen molar-refractivity contribution in [1.82, 2.24) is 9.88 Å². The highest BCUT2D eigenvalue weighted by atomic mass is 15.2. The summed E-state index contributed by atoms with van der Waals surface area (Å²) < 4.78 is 0. The summed E-state index contributed by atoms with van der Waals surface area (Å²) in [6.07, 6.45) is 7.03. The minimum Gasteiger partial charge on any atom is -0.324 e. The number of hydrazine groups is 1. The maximum Gasteiger partial charge on any atom is 0.0565 e. The Labute approximate surface area is 103 Å². The average Bonchev–Trinajstić information content (AvgIpc) is 3.19. The van der Waals surface area contributed by atoms with E-state index in [0.29, 0.717) is 0 Å². The Morgan fingerprint density at radius 3 is 3.00 bits per heavy atom. The molecule has 0 amide bonds. The Morgan fingerprint density at radius 2 is 2.35 bits per heavy atom. The van der Waals surface area contributed by atoms with Gasteiger partial charge in [0.15, 0.2) is 0 Å². The van der Waals surface area contributed by atoms with E-state index >= 15 is 0 Å². The number of nitrogens with zero attached hydrogens (tertiary/aromatic N) is 2. The fourth-order valence-corrected chi connectivity index (χ4v) is 2.05. The molecule has 1 aromatic heterocycles. The molecular weight excluding hydrogens is 212 g/mol. The molecule has 1 aliphatic carbocycles. The molecule has 0 bridgehead atoms. The first-order valence-corrected chi connectivity index (χ1v) is 6.49. The summed E-state index contributed by atoms with van der Waals surface area (Å²) in [7, 11) is 0. The van der Waals surface area contributed by atoms with Gasteiger partial charge in [-0.25, -0.2) is 0 Å². The molecule has 4 heteroatoms. The summed E-state index contributed by atoms with van der Waals surface area (Å²) in [5.41, 5.74) is 4.70. The molecule has 0 aromatic carbocycles. The minimum atomic E-state index is 0.790. The quantitative estimate of drug-likeness (QED) is 0.560. The van der Waals surface area contributed by atoms with E-state index in [1.165, 1.54) is 32.2 Å². The van der Waals surface area contributed by atoms with Gasteiger partial charge >= 0.3 is 0 Å². The molecular formula is C13H22N4. The normalized spacial score (nSPS) is 15.2. The predicted octanol–water partition coefficient (Wildman–Crippen LogP) is 2.13. The SMILES string of the molecule is CCCCN(Cc1cc(NN)ccn1)C1CC1. The second kappa shape index (κ2) is 5.98. The van der Waals surface area contributed by atoms with E-state index in [-0.39, 0.29) is 0 Å². The number of pyridine rings is 1. The van der Waals surface area contributed by atoms with Crippen molar-refractivity contribution in [2.75, 3.05) is 12.0 Å². The van der Waals surface area contributed by atoms with Crippen LogP contribution in [0.4, 0.5) is 5.69 Å². The topological polar surface area (TPSA) is 54.2 Å². The molecule has 94 valence electrons. The smallest absolute Gasteiger partial charge is 0.0565 e. The van der Waals surface area contributed by atoms with Crippen LogP contribution < -0.4 is 11.3 Å². The molecule has 0 saturated heterocycles. The largest absolute Gasteiger partial charge is 0.324 e. The summed E-state index contributed by atoms with van der Waals surface area (Å²) in [6.45, 7) is 4.37. The highest BCUT2D eigenvalue weighted by Gasteiger charge is 2.28. The molecule has 1 aliphatic rings. The Balaban J connectivity index is 1.95. The molecule has 1 saturated carbocycles. The van der Waals surface area contributed by atoms with Crippen LogP contribution in [0.3, 0.4) is 0 Å². The lowest BCUT2D eigenvalue weighted by Gasteiger charge is -2.21. The number of unbranched alkanes of at least 4 members (excludes halogenated alkanes) is 1. The third kappa shape index (κ3) is 3.68. The second-order valence-corrected chi connectivity index (χ2v) is 4.74. The van der Waals surface area contributed by atoms with Crippen molar-refractivity contribution in [2.45, 2.75) is 45.2 Å². The second-order valence-electron chi connectivity index (χ2n) is 4.74. The standard InChI is InChI=1S/C13H22N4/c1-2-3-8-17(13-4-5-13)10-12-9-11(16-14)6-7-15-12/h6-7,9,13H,2-5,8,10,14H2,1H3,(H,15,16). The van der Waals surface area contributed by atoms with Gasteiger partial charge in [-0.05, 0) is 37.9 Å². The van der Waals surface area contributed by atoms with Crippen LogP contribution in [-0.2, 0) is 6.54 Å². The van der Waals surface area contributed by atoms with Gasteiger partial charge in [-0.2, -0.15) is 0 Å². The van der Waals surface area contributed by atoms with E-state index in [1.54, 1.807) is 0 Å². The van der Waals surface area contributed by atoms with Gasteiger partial charge in [-0.1, -0.05) is 13.3 Å². The number of aromatic nitrogens is 1. The van der Waals surface area contributed by atoms with Crippen LogP contribution in [0, 0.1) is 0 Å². The minimum absolute atomic E-state index is 0.790. The van der Waals surface area contributed by atoms with E-state index in [9.17, 15) is 0 Å². The molecule has 0 atom stereocenters. The van der Waals surface area contributed by atoms with Gasteiger partial charge in [-0.3, -0.25) is 15.7 Å². The fraction of sp³-hybridized carbons (Fsp3) is 0.615. The Morgan fingerprint density at radius 1 is 1.53 bits per heavy atom. The number of nitrogen functional groups attached to an aromatic ring is 1. The average molecular weight is 234 g/mol. The Kier molecular flexibility index (Phi) is 4.34. The van der Waals surface area contributed by atoms with E-state index in [1.807, 2.05) is 18.3 Å². The van der Waals surface area contributed by atoms with E-state index in [0.717, 1.165) is 24.0 Å². The zero-order valence-corrected chi connectivity index (χ0v) is 10.5. The van der Waals surface area contributed by atoms with Crippen molar-refractivity contribution in [3.63, 3.8) is 0 Å². The van der Waals surface area contributed by atoms with Crippen molar-refractivity contribution in [3.8, 4) is 0 Å². The lowest BCUT2D eigenvalue weighted by Crippen LogP contribution is -2.27. The maximum atomic E-state index is 5.41. The lowest BCUT2D eigenvalue weighted by molar-refractivity contribution is 0.248. The lowest BCUT2D eigenvalue weighted by atomic mass is 10.2. The van der Waals surface area contributed by atoms with Crippen LogP contribution in [0.2, 0.25) is 0 Å². The van der Waals surface area contributed by atoms with Gasteiger partial charge < -0.3 is 5.43 Å². The van der Waals surface area contributed by atoms with E-state index < -0.39 is 0 Å². The number of anilines is 1. The summed E-state index contributed by atoms with van der Waals surface area (Å²) in [5, 5.41) is 0.